The maximum Gasteiger partial charge on any atom is 0.415 e. The first-order chi connectivity index (χ1) is 8.57. The maximum absolute atomic E-state index is 11.8. The molecule has 0 aliphatic carbocycles. The molecule has 0 radical (unpaired) electrons. The number of rotatable bonds is 6. The van der Waals surface area contributed by atoms with Crippen LogP contribution in [0, 0.1) is 17.0 Å². The summed E-state index contributed by atoms with van der Waals surface area (Å²) in [5.74, 6) is 0.00585. The zero-order valence-electron chi connectivity index (χ0n) is 10.7. The smallest absolute Gasteiger partial charge is 0.358 e. The van der Waals surface area contributed by atoms with E-state index in [4.69, 9.17) is 0 Å². The van der Waals surface area contributed by atoms with Gasteiger partial charge in [0.2, 0.25) is 5.82 Å². The number of amides is 1. The van der Waals surface area contributed by atoms with Crippen LogP contribution in [0.5, 0.6) is 0 Å². The van der Waals surface area contributed by atoms with Crippen LogP contribution < -0.4 is 5.32 Å². The van der Waals surface area contributed by atoms with Crippen molar-refractivity contribution in [1.82, 2.24) is 14.9 Å². The van der Waals surface area contributed by atoms with Gasteiger partial charge in [-0.1, -0.05) is 26.2 Å². The first-order valence-electron chi connectivity index (χ1n) is 6.04. The average Bonchev–Trinajstić information content (AvgIpc) is 2.71. The van der Waals surface area contributed by atoms with Crippen LogP contribution in [0.4, 0.5) is 10.6 Å². The number of nitrogens with one attached hydrogen (secondary N) is 1. The fourth-order valence-corrected chi connectivity index (χ4v) is 1.64. The Morgan fingerprint density at radius 2 is 2.22 bits per heavy atom. The molecule has 7 heteroatoms. The molecule has 0 aromatic carbocycles. The zero-order chi connectivity index (χ0) is 13.5. The average molecular weight is 254 g/mol. The van der Waals surface area contributed by atoms with E-state index in [0.29, 0.717) is 12.4 Å². The molecule has 0 unspecified atom stereocenters. The number of imidazole rings is 1. The van der Waals surface area contributed by atoms with Crippen molar-refractivity contribution in [3.63, 3.8) is 0 Å². The largest absolute Gasteiger partial charge is 0.415 e. The van der Waals surface area contributed by atoms with Crippen molar-refractivity contribution < 1.29 is 9.72 Å². The van der Waals surface area contributed by atoms with Gasteiger partial charge in [0.05, 0.1) is 0 Å². The van der Waals surface area contributed by atoms with Gasteiger partial charge in [0, 0.05) is 13.5 Å². The molecular formula is C11H18N4O3. The van der Waals surface area contributed by atoms with Gasteiger partial charge in [0.15, 0.2) is 0 Å². The van der Waals surface area contributed by atoms with E-state index in [1.807, 2.05) is 0 Å². The van der Waals surface area contributed by atoms with E-state index in [0.717, 1.165) is 36.4 Å². The van der Waals surface area contributed by atoms with E-state index in [1.54, 1.807) is 6.92 Å². The number of carbonyl (C=O) groups is 1. The summed E-state index contributed by atoms with van der Waals surface area (Å²) in [6, 6.07) is -0.492. The molecule has 100 valence electrons. The Morgan fingerprint density at radius 1 is 1.50 bits per heavy atom. The molecule has 0 saturated heterocycles. The topological polar surface area (TPSA) is 90.1 Å². The van der Waals surface area contributed by atoms with Crippen molar-refractivity contribution >= 4 is 11.8 Å². The summed E-state index contributed by atoms with van der Waals surface area (Å²) in [4.78, 5) is 25.7. The van der Waals surface area contributed by atoms with Crippen LogP contribution in [0.25, 0.3) is 0 Å². The number of nitrogens with zero attached hydrogens (tertiary/aromatic N) is 3. The number of hydrogen-bond donors (Lipinski definition) is 1. The molecule has 1 heterocycles. The van der Waals surface area contributed by atoms with Gasteiger partial charge in [-0.25, -0.2) is 9.78 Å². The fourth-order valence-electron chi connectivity index (χ4n) is 1.64. The quantitative estimate of drug-likeness (QED) is 0.479. The lowest BCUT2D eigenvalue weighted by Gasteiger charge is -2.04. The number of hydrogen-bond acceptors (Lipinski definition) is 4. The Kier molecular flexibility index (Phi) is 5.29. The van der Waals surface area contributed by atoms with E-state index < -0.39 is 11.0 Å². The molecule has 1 aromatic heterocycles. The van der Waals surface area contributed by atoms with Gasteiger partial charge in [0.1, 0.15) is 6.20 Å². The molecule has 0 aliphatic rings. The molecule has 18 heavy (non-hydrogen) atoms. The van der Waals surface area contributed by atoms with Crippen LogP contribution in [-0.4, -0.2) is 27.1 Å². The van der Waals surface area contributed by atoms with E-state index in [1.165, 1.54) is 0 Å². The lowest BCUT2D eigenvalue weighted by Crippen LogP contribution is -2.30. The fraction of sp³-hybridized carbons (Fsp3) is 0.636. The summed E-state index contributed by atoms with van der Waals surface area (Å²) < 4.78 is 0.986. The third-order valence-corrected chi connectivity index (χ3v) is 2.62. The van der Waals surface area contributed by atoms with Crippen molar-refractivity contribution in [2.24, 2.45) is 0 Å². The Balaban J connectivity index is 2.56. The van der Waals surface area contributed by atoms with Gasteiger partial charge in [0.25, 0.3) is 0 Å². The van der Waals surface area contributed by atoms with Crippen molar-refractivity contribution in [3.8, 4) is 0 Å². The molecular weight excluding hydrogens is 236 g/mol. The molecule has 1 rings (SSSR count). The zero-order valence-corrected chi connectivity index (χ0v) is 10.7. The minimum Gasteiger partial charge on any atom is -0.358 e. The highest BCUT2D eigenvalue weighted by atomic mass is 16.6. The summed E-state index contributed by atoms with van der Waals surface area (Å²) >= 11 is 0. The van der Waals surface area contributed by atoms with Crippen LogP contribution in [0.15, 0.2) is 6.20 Å². The van der Waals surface area contributed by atoms with E-state index >= 15 is 0 Å². The second-order valence-electron chi connectivity index (χ2n) is 4.05. The van der Waals surface area contributed by atoms with Gasteiger partial charge in [-0.15, -0.1) is 4.57 Å². The van der Waals surface area contributed by atoms with Crippen molar-refractivity contribution in [3.05, 3.63) is 22.1 Å². The van der Waals surface area contributed by atoms with Crippen LogP contribution >= 0.6 is 0 Å². The first-order valence-corrected chi connectivity index (χ1v) is 6.04. The molecule has 0 saturated carbocycles. The third-order valence-electron chi connectivity index (χ3n) is 2.62. The second-order valence-corrected chi connectivity index (χ2v) is 4.05. The molecule has 0 spiro atoms. The Hall–Kier alpha value is -1.92. The predicted molar refractivity (Wildman–Crippen MR) is 66.6 cm³/mol. The van der Waals surface area contributed by atoms with Gasteiger partial charge >= 0.3 is 11.8 Å². The minimum atomic E-state index is -0.614. The Morgan fingerprint density at radius 3 is 2.83 bits per heavy atom. The van der Waals surface area contributed by atoms with Gasteiger partial charge < -0.3 is 15.4 Å². The molecule has 7 nitrogen and oxygen atoms in total. The summed E-state index contributed by atoms with van der Waals surface area (Å²) in [7, 11) is 0. The third kappa shape index (κ3) is 3.54. The number of unbranched alkanes of at least 4 members (excludes halogenated alkanes) is 3. The molecule has 0 atom stereocenters. The summed E-state index contributed by atoms with van der Waals surface area (Å²) in [6.45, 7) is 4.19. The van der Waals surface area contributed by atoms with Crippen LogP contribution in [-0.2, 0) is 0 Å². The first kappa shape index (κ1) is 14.1. The lowest BCUT2D eigenvalue weighted by molar-refractivity contribution is -0.390. The molecule has 1 N–H and O–H groups in total. The number of aromatic nitrogens is 2. The summed E-state index contributed by atoms with van der Waals surface area (Å²) in [5, 5.41) is 13.4. The monoisotopic (exact) mass is 254 g/mol. The van der Waals surface area contributed by atoms with E-state index in [2.05, 4.69) is 17.2 Å². The SMILES string of the molecule is CCCCCCNC(=O)n1c([N+](=O)[O-])cnc1C. The highest BCUT2D eigenvalue weighted by Gasteiger charge is 2.23. The molecule has 0 fully saturated rings. The number of nitro groups is 1. The van der Waals surface area contributed by atoms with Crippen molar-refractivity contribution in [2.75, 3.05) is 6.54 Å². The summed E-state index contributed by atoms with van der Waals surface area (Å²) in [5.41, 5.74) is 0. The van der Waals surface area contributed by atoms with Crippen molar-refractivity contribution in [2.45, 2.75) is 39.5 Å². The predicted octanol–water partition coefficient (Wildman–Crippen LogP) is 2.24. The maximum atomic E-state index is 11.8. The number of aryl methyl sites for hydroxylation is 1. The van der Waals surface area contributed by atoms with Crippen LogP contribution in [0.3, 0.4) is 0 Å². The Bertz CT molecular complexity index is 428. The highest BCUT2D eigenvalue weighted by Crippen LogP contribution is 2.12. The molecule has 0 bridgehead atoms. The molecule has 1 amide bonds. The van der Waals surface area contributed by atoms with Gasteiger partial charge in [-0.05, 0) is 11.3 Å². The second kappa shape index (κ2) is 6.73. The van der Waals surface area contributed by atoms with Gasteiger partial charge in [-0.3, -0.25) is 0 Å². The van der Waals surface area contributed by atoms with Crippen LogP contribution in [0.2, 0.25) is 0 Å². The molecule has 1 aromatic rings. The Labute approximate surface area is 105 Å². The minimum absolute atomic E-state index is 0.307. The van der Waals surface area contributed by atoms with E-state index in [-0.39, 0.29) is 5.82 Å². The molecule has 0 aliphatic heterocycles. The van der Waals surface area contributed by atoms with Crippen LogP contribution in [0.1, 0.15) is 38.4 Å². The number of carbonyl (C=O) groups excluding carboxylic acids is 1. The highest BCUT2D eigenvalue weighted by molar-refractivity contribution is 5.79. The lowest BCUT2D eigenvalue weighted by atomic mass is 10.2. The van der Waals surface area contributed by atoms with E-state index in [9.17, 15) is 14.9 Å². The normalized spacial score (nSPS) is 10.3. The van der Waals surface area contributed by atoms with Crippen molar-refractivity contribution in [1.29, 1.82) is 0 Å². The standard InChI is InChI=1S/C11H18N4O3/c1-3-4-5-6-7-12-11(16)14-9(2)13-8-10(14)15(17)18/h8H,3-7H2,1-2H3,(H,12,16). The summed E-state index contributed by atoms with van der Waals surface area (Å²) in [6.07, 6.45) is 5.26. The van der Waals surface area contributed by atoms with Gasteiger partial charge in [-0.2, -0.15) is 0 Å².